The molecule has 0 heterocycles. The fraction of sp³-hybridized carbons (Fsp3) is 0.273. The van der Waals surface area contributed by atoms with Gasteiger partial charge in [0.15, 0.2) is 0 Å². The molecule has 0 saturated carbocycles. The number of amides is 1. The predicted octanol–water partition coefficient (Wildman–Crippen LogP) is 2.52. The van der Waals surface area contributed by atoms with Crippen LogP contribution in [0.1, 0.15) is 5.56 Å². The van der Waals surface area contributed by atoms with Gasteiger partial charge in [0.05, 0.1) is 18.2 Å². The number of nitriles is 1. The monoisotopic (exact) mass is 335 g/mol. The lowest BCUT2D eigenvalue weighted by Crippen LogP contribution is -2.30. The molecule has 0 bridgehead atoms. The summed E-state index contributed by atoms with van der Waals surface area (Å²) in [6, 6.07) is 5.12. The first kappa shape index (κ1) is 15.3. The first-order valence-electron chi connectivity index (χ1n) is 5.09. The van der Waals surface area contributed by atoms with E-state index in [2.05, 4.69) is 26.6 Å². The van der Waals surface area contributed by atoms with E-state index in [0.29, 0.717) is 5.69 Å². The lowest BCUT2D eigenvalue weighted by molar-refractivity contribution is -0.138. The first-order valence-corrected chi connectivity index (χ1v) is 5.88. The maximum atomic E-state index is 12.5. The summed E-state index contributed by atoms with van der Waals surface area (Å²) in [6.07, 6.45) is -4.43. The standard InChI is InChI=1S/C11H9BrF3N3O/c12-9-5-7(1-2-8(9)11(13,14)15)18-6-10(19)17-4-3-16/h1-2,5,18H,4,6H2,(H,17,19). The molecule has 1 aromatic rings. The average Bonchev–Trinajstić information content (AvgIpc) is 2.32. The van der Waals surface area contributed by atoms with Gasteiger partial charge in [-0.15, -0.1) is 0 Å². The Morgan fingerprint density at radius 1 is 1.42 bits per heavy atom. The number of carbonyl (C=O) groups excluding carboxylic acids is 1. The third kappa shape index (κ3) is 4.79. The van der Waals surface area contributed by atoms with Gasteiger partial charge in [0, 0.05) is 10.2 Å². The van der Waals surface area contributed by atoms with Gasteiger partial charge < -0.3 is 10.6 Å². The Balaban J connectivity index is 2.65. The Morgan fingerprint density at radius 3 is 2.63 bits per heavy atom. The number of nitrogens with zero attached hydrogens (tertiary/aromatic N) is 1. The first-order chi connectivity index (χ1) is 8.84. The van der Waals surface area contributed by atoms with Crippen LogP contribution in [0.25, 0.3) is 0 Å². The third-order valence-corrected chi connectivity index (χ3v) is 2.75. The predicted molar refractivity (Wildman–Crippen MR) is 66.3 cm³/mol. The van der Waals surface area contributed by atoms with Gasteiger partial charge in [-0.1, -0.05) is 15.9 Å². The van der Waals surface area contributed by atoms with E-state index in [1.54, 1.807) is 6.07 Å². The molecule has 8 heteroatoms. The van der Waals surface area contributed by atoms with Crippen LogP contribution in [-0.2, 0) is 11.0 Å². The fourth-order valence-electron chi connectivity index (χ4n) is 1.24. The Hall–Kier alpha value is -1.75. The molecule has 0 saturated heterocycles. The number of nitrogens with one attached hydrogen (secondary N) is 2. The maximum absolute atomic E-state index is 12.5. The number of carbonyl (C=O) groups is 1. The van der Waals surface area contributed by atoms with E-state index in [0.717, 1.165) is 6.07 Å². The molecular formula is C11H9BrF3N3O. The number of alkyl halides is 3. The fourth-order valence-corrected chi connectivity index (χ4v) is 1.84. The van der Waals surface area contributed by atoms with E-state index >= 15 is 0 Å². The van der Waals surface area contributed by atoms with E-state index in [4.69, 9.17) is 5.26 Å². The summed E-state index contributed by atoms with van der Waals surface area (Å²) in [5.41, 5.74) is -0.418. The van der Waals surface area contributed by atoms with Crippen LogP contribution in [0.5, 0.6) is 0 Å². The lowest BCUT2D eigenvalue weighted by atomic mass is 10.2. The second-order valence-corrected chi connectivity index (χ2v) is 4.34. The molecule has 19 heavy (non-hydrogen) atoms. The van der Waals surface area contributed by atoms with Crippen LogP contribution in [0.3, 0.4) is 0 Å². The van der Waals surface area contributed by atoms with E-state index in [9.17, 15) is 18.0 Å². The van der Waals surface area contributed by atoms with Gasteiger partial charge in [-0.25, -0.2) is 0 Å². The summed E-state index contributed by atoms with van der Waals surface area (Å²) >= 11 is 2.83. The quantitative estimate of drug-likeness (QED) is 0.831. The molecular weight excluding hydrogens is 327 g/mol. The van der Waals surface area contributed by atoms with E-state index in [1.165, 1.54) is 12.1 Å². The molecule has 0 unspecified atom stereocenters. The number of benzene rings is 1. The number of rotatable bonds is 4. The molecule has 0 aliphatic heterocycles. The number of hydrogen-bond acceptors (Lipinski definition) is 3. The minimum atomic E-state index is -4.43. The van der Waals surface area contributed by atoms with Crippen molar-refractivity contribution in [1.82, 2.24) is 5.32 Å². The van der Waals surface area contributed by atoms with Crippen LogP contribution >= 0.6 is 15.9 Å². The zero-order chi connectivity index (χ0) is 14.5. The Morgan fingerprint density at radius 2 is 2.11 bits per heavy atom. The van der Waals surface area contributed by atoms with Gasteiger partial charge in [0.2, 0.25) is 5.91 Å². The Bertz CT molecular complexity index is 511. The van der Waals surface area contributed by atoms with Crippen molar-refractivity contribution in [2.75, 3.05) is 18.4 Å². The van der Waals surface area contributed by atoms with Crippen LogP contribution in [0.4, 0.5) is 18.9 Å². The molecule has 1 aromatic carbocycles. The average molecular weight is 336 g/mol. The van der Waals surface area contributed by atoms with Crippen molar-refractivity contribution >= 4 is 27.5 Å². The molecule has 2 N–H and O–H groups in total. The van der Waals surface area contributed by atoms with Crippen LogP contribution in [0, 0.1) is 11.3 Å². The highest BCUT2D eigenvalue weighted by atomic mass is 79.9. The normalized spacial score (nSPS) is 10.7. The second-order valence-electron chi connectivity index (χ2n) is 3.48. The molecule has 0 aliphatic carbocycles. The highest BCUT2D eigenvalue weighted by Gasteiger charge is 2.32. The minimum absolute atomic E-state index is 0.109. The maximum Gasteiger partial charge on any atom is 0.417 e. The van der Waals surface area contributed by atoms with Gasteiger partial charge in [-0.3, -0.25) is 4.79 Å². The number of halogens is 4. The lowest BCUT2D eigenvalue weighted by Gasteiger charge is -2.11. The Labute approximate surface area is 115 Å². The molecule has 0 radical (unpaired) electrons. The SMILES string of the molecule is N#CCNC(=O)CNc1ccc(C(F)(F)F)c(Br)c1. The van der Waals surface area contributed by atoms with Crippen molar-refractivity contribution in [3.05, 3.63) is 28.2 Å². The van der Waals surface area contributed by atoms with E-state index in [1.807, 2.05) is 0 Å². The third-order valence-electron chi connectivity index (χ3n) is 2.09. The number of anilines is 1. The van der Waals surface area contributed by atoms with E-state index < -0.39 is 17.6 Å². The van der Waals surface area contributed by atoms with E-state index in [-0.39, 0.29) is 17.6 Å². The summed E-state index contributed by atoms with van der Waals surface area (Å²) in [4.78, 5) is 11.2. The van der Waals surface area contributed by atoms with Crippen molar-refractivity contribution in [3.63, 3.8) is 0 Å². The molecule has 1 rings (SSSR count). The summed E-state index contributed by atoms with van der Waals surface area (Å²) in [7, 11) is 0. The van der Waals surface area contributed by atoms with Gasteiger partial charge in [0.1, 0.15) is 6.54 Å². The smallest absolute Gasteiger partial charge is 0.376 e. The number of hydrogen-bond donors (Lipinski definition) is 2. The second kappa shape index (κ2) is 6.43. The highest BCUT2D eigenvalue weighted by molar-refractivity contribution is 9.10. The van der Waals surface area contributed by atoms with Crippen molar-refractivity contribution in [2.24, 2.45) is 0 Å². The largest absolute Gasteiger partial charge is 0.417 e. The molecule has 4 nitrogen and oxygen atoms in total. The molecule has 0 fully saturated rings. The van der Waals surface area contributed by atoms with Gasteiger partial charge >= 0.3 is 6.18 Å². The highest BCUT2D eigenvalue weighted by Crippen LogP contribution is 2.35. The Kier molecular flexibility index (Phi) is 5.18. The van der Waals surface area contributed by atoms with Crippen LogP contribution < -0.4 is 10.6 Å². The van der Waals surface area contributed by atoms with Crippen LogP contribution in [-0.4, -0.2) is 19.0 Å². The van der Waals surface area contributed by atoms with Crippen molar-refractivity contribution in [2.45, 2.75) is 6.18 Å². The van der Waals surface area contributed by atoms with Gasteiger partial charge in [-0.2, -0.15) is 18.4 Å². The summed E-state index contributed by atoms with van der Waals surface area (Å²) in [5.74, 6) is -0.419. The molecule has 0 spiro atoms. The molecule has 102 valence electrons. The summed E-state index contributed by atoms with van der Waals surface area (Å²) < 4.78 is 37.4. The van der Waals surface area contributed by atoms with Crippen molar-refractivity contribution < 1.29 is 18.0 Å². The molecule has 1 amide bonds. The van der Waals surface area contributed by atoms with Crippen molar-refractivity contribution in [1.29, 1.82) is 5.26 Å². The minimum Gasteiger partial charge on any atom is -0.376 e. The zero-order valence-electron chi connectivity index (χ0n) is 9.51. The van der Waals surface area contributed by atoms with Crippen LogP contribution in [0.2, 0.25) is 0 Å². The van der Waals surface area contributed by atoms with Gasteiger partial charge in [0.25, 0.3) is 0 Å². The van der Waals surface area contributed by atoms with Gasteiger partial charge in [-0.05, 0) is 18.2 Å². The summed E-state index contributed by atoms with van der Waals surface area (Å²) in [6.45, 7) is -0.239. The summed E-state index contributed by atoms with van der Waals surface area (Å²) in [5, 5.41) is 13.2. The topological polar surface area (TPSA) is 64.9 Å². The van der Waals surface area contributed by atoms with Crippen LogP contribution in [0.15, 0.2) is 22.7 Å². The molecule has 0 aromatic heterocycles. The van der Waals surface area contributed by atoms with Crippen molar-refractivity contribution in [3.8, 4) is 6.07 Å². The molecule has 0 aliphatic rings. The molecule has 0 atom stereocenters. The zero-order valence-corrected chi connectivity index (χ0v) is 11.1.